The number of ketones is 1. The van der Waals surface area contributed by atoms with E-state index in [2.05, 4.69) is 0 Å². The number of Topliss-reactive ketones (excluding diaryl/α,β-unsaturated/α-hetero) is 1. The van der Waals surface area contributed by atoms with Gasteiger partial charge in [-0.15, -0.1) is 0 Å². The maximum absolute atomic E-state index is 13.9. The number of carbonyl (C=O) groups excluding carboxylic acids is 1. The molecule has 0 radical (unpaired) electrons. The fourth-order valence-corrected chi connectivity index (χ4v) is 3.00. The molecule has 1 N–H and O–H groups in total. The maximum atomic E-state index is 13.9. The first-order chi connectivity index (χ1) is 6.30. The van der Waals surface area contributed by atoms with Gasteiger partial charge >= 0.3 is 10.1 Å². The summed E-state index contributed by atoms with van der Waals surface area (Å²) in [7, 11) is -4.96. The lowest BCUT2D eigenvalue weighted by atomic mass is 9.99. The number of hydrogen-bond acceptors (Lipinski definition) is 3. The Morgan fingerprint density at radius 1 is 1.43 bits per heavy atom. The summed E-state index contributed by atoms with van der Waals surface area (Å²) in [6.45, 7) is 0.853. The highest BCUT2D eigenvalue weighted by atomic mass is 32.2. The summed E-state index contributed by atoms with van der Waals surface area (Å²) in [4.78, 5) is 11.0. The van der Waals surface area contributed by atoms with Crippen LogP contribution in [0.25, 0.3) is 0 Å². The van der Waals surface area contributed by atoms with Crippen LogP contribution >= 0.6 is 0 Å². The van der Waals surface area contributed by atoms with Crippen molar-refractivity contribution < 1.29 is 22.2 Å². The zero-order valence-corrected chi connectivity index (χ0v) is 8.68. The Labute approximate surface area is 82.2 Å². The minimum atomic E-state index is -4.96. The molecule has 14 heavy (non-hydrogen) atoms. The van der Waals surface area contributed by atoms with E-state index in [1.807, 2.05) is 0 Å². The van der Waals surface area contributed by atoms with E-state index in [0.29, 0.717) is 25.7 Å². The number of carbonyl (C=O) groups is 1. The van der Waals surface area contributed by atoms with Gasteiger partial charge in [-0.25, -0.2) is 4.39 Å². The van der Waals surface area contributed by atoms with Crippen LogP contribution in [0.5, 0.6) is 0 Å². The summed E-state index contributed by atoms with van der Waals surface area (Å²) in [5, 5.41) is -3.09. The summed E-state index contributed by atoms with van der Waals surface area (Å²) in [5.74, 6) is -2.03. The Balaban J connectivity index is 3.10. The Morgan fingerprint density at radius 3 is 2.14 bits per heavy atom. The van der Waals surface area contributed by atoms with Gasteiger partial charge in [0.25, 0.3) is 5.00 Å². The highest BCUT2D eigenvalue weighted by Gasteiger charge is 2.55. The number of hydrogen-bond donors (Lipinski definition) is 1. The summed E-state index contributed by atoms with van der Waals surface area (Å²) in [6.07, 6.45) is 2.05. The van der Waals surface area contributed by atoms with Crippen LogP contribution in [0, 0.1) is 5.92 Å². The molecule has 1 rings (SSSR count). The second-order valence-corrected chi connectivity index (χ2v) is 5.20. The van der Waals surface area contributed by atoms with E-state index in [0.717, 1.165) is 6.92 Å². The summed E-state index contributed by atoms with van der Waals surface area (Å²) >= 11 is 0. The monoisotopic (exact) mass is 224 g/mol. The third kappa shape index (κ3) is 1.68. The molecule has 0 aliphatic heterocycles. The average Bonchev–Trinajstić information content (AvgIpc) is 2.52. The van der Waals surface area contributed by atoms with Crippen molar-refractivity contribution in [1.29, 1.82) is 0 Å². The zero-order valence-electron chi connectivity index (χ0n) is 7.86. The van der Waals surface area contributed by atoms with Gasteiger partial charge in [0, 0.05) is 5.92 Å². The van der Waals surface area contributed by atoms with Gasteiger partial charge in [-0.2, -0.15) is 8.42 Å². The smallest absolute Gasteiger partial charge is 0.295 e. The highest BCUT2D eigenvalue weighted by molar-refractivity contribution is 7.87. The van der Waals surface area contributed by atoms with Crippen LogP contribution in [0.4, 0.5) is 4.39 Å². The molecule has 1 aliphatic carbocycles. The molecule has 6 heteroatoms. The van der Waals surface area contributed by atoms with E-state index >= 15 is 0 Å². The average molecular weight is 224 g/mol. The molecule has 0 spiro atoms. The van der Waals surface area contributed by atoms with E-state index in [-0.39, 0.29) is 0 Å². The maximum Gasteiger partial charge on any atom is 0.308 e. The molecule has 0 aromatic heterocycles. The van der Waals surface area contributed by atoms with Crippen molar-refractivity contribution in [3.8, 4) is 0 Å². The van der Waals surface area contributed by atoms with Crippen LogP contribution in [-0.4, -0.2) is 23.8 Å². The molecule has 4 nitrogen and oxygen atoms in total. The second-order valence-electron chi connectivity index (χ2n) is 3.66. The minimum absolute atomic E-state index is 0.329. The molecule has 0 bridgehead atoms. The number of rotatable bonds is 3. The van der Waals surface area contributed by atoms with Crippen molar-refractivity contribution in [2.45, 2.75) is 37.6 Å². The van der Waals surface area contributed by atoms with Crippen LogP contribution in [0.1, 0.15) is 32.6 Å². The lowest BCUT2D eigenvalue weighted by Crippen LogP contribution is -2.46. The molecule has 0 aromatic rings. The molecular formula is C8H13FO4S. The van der Waals surface area contributed by atoms with Gasteiger partial charge < -0.3 is 0 Å². The van der Waals surface area contributed by atoms with Gasteiger partial charge in [-0.3, -0.25) is 9.35 Å². The fraction of sp³-hybridized carbons (Fsp3) is 0.875. The van der Waals surface area contributed by atoms with Crippen LogP contribution in [-0.2, 0) is 14.9 Å². The minimum Gasteiger partial charge on any atom is -0.295 e. The molecular weight excluding hydrogens is 211 g/mol. The lowest BCUT2D eigenvalue weighted by Gasteiger charge is -2.25. The molecule has 0 amide bonds. The van der Waals surface area contributed by atoms with Crippen molar-refractivity contribution in [3.05, 3.63) is 0 Å². The van der Waals surface area contributed by atoms with Gasteiger partial charge in [0.15, 0.2) is 5.78 Å². The van der Waals surface area contributed by atoms with Crippen LogP contribution in [0.15, 0.2) is 0 Å². The molecule has 1 unspecified atom stereocenters. The summed E-state index contributed by atoms with van der Waals surface area (Å²) in [6, 6.07) is 0. The molecule has 1 fully saturated rings. The van der Waals surface area contributed by atoms with E-state index in [9.17, 15) is 17.6 Å². The van der Waals surface area contributed by atoms with Crippen molar-refractivity contribution in [3.63, 3.8) is 0 Å². The first-order valence-corrected chi connectivity index (χ1v) is 5.91. The third-order valence-corrected chi connectivity index (χ3v) is 4.11. The molecule has 0 aromatic carbocycles. The predicted octanol–water partition coefficient (Wildman–Crippen LogP) is 1.32. The van der Waals surface area contributed by atoms with Gasteiger partial charge in [-0.1, -0.05) is 12.8 Å². The van der Waals surface area contributed by atoms with Gasteiger partial charge in [0.2, 0.25) is 0 Å². The largest absolute Gasteiger partial charge is 0.308 e. The van der Waals surface area contributed by atoms with Crippen molar-refractivity contribution >= 4 is 15.9 Å². The van der Waals surface area contributed by atoms with Crippen molar-refractivity contribution in [1.82, 2.24) is 0 Å². The quantitative estimate of drug-likeness (QED) is 0.734. The highest BCUT2D eigenvalue weighted by Crippen LogP contribution is 2.40. The molecule has 1 aliphatic rings. The van der Waals surface area contributed by atoms with E-state index in [4.69, 9.17) is 4.55 Å². The zero-order chi connectivity index (χ0) is 11.0. The molecule has 1 saturated carbocycles. The molecule has 0 saturated heterocycles. The fourth-order valence-electron chi connectivity index (χ4n) is 1.98. The molecule has 82 valence electrons. The normalized spacial score (nSPS) is 23.4. The lowest BCUT2D eigenvalue weighted by molar-refractivity contribution is -0.126. The number of halogens is 1. The Morgan fingerprint density at radius 2 is 1.86 bits per heavy atom. The Bertz CT molecular complexity index is 331. The van der Waals surface area contributed by atoms with E-state index in [1.165, 1.54) is 0 Å². The van der Waals surface area contributed by atoms with E-state index in [1.54, 1.807) is 0 Å². The van der Waals surface area contributed by atoms with Crippen molar-refractivity contribution in [2.24, 2.45) is 5.92 Å². The predicted molar refractivity (Wildman–Crippen MR) is 48.0 cm³/mol. The van der Waals surface area contributed by atoms with Gasteiger partial charge in [0.1, 0.15) is 0 Å². The third-order valence-electron chi connectivity index (χ3n) is 2.74. The number of alkyl halides is 1. The SMILES string of the molecule is CC(=O)C(F)(C1CCCC1)S(=O)(=O)O. The Hall–Kier alpha value is -0.490. The molecule has 1 atom stereocenters. The summed E-state index contributed by atoms with van der Waals surface area (Å²) in [5.41, 5.74) is 0. The van der Waals surface area contributed by atoms with Crippen molar-refractivity contribution in [2.75, 3.05) is 0 Å². The van der Waals surface area contributed by atoms with Gasteiger partial charge in [0.05, 0.1) is 0 Å². The summed E-state index contributed by atoms with van der Waals surface area (Å²) < 4.78 is 44.4. The first-order valence-electron chi connectivity index (χ1n) is 4.47. The van der Waals surface area contributed by atoms with Crippen LogP contribution in [0.2, 0.25) is 0 Å². The molecule has 0 heterocycles. The first kappa shape index (κ1) is 11.6. The Kier molecular flexibility index (Phi) is 2.96. The van der Waals surface area contributed by atoms with Crippen LogP contribution in [0.3, 0.4) is 0 Å². The standard InChI is InChI=1S/C8H13FO4S/c1-6(10)8(9,14(11,12)13)7-4-2-3-5-7/h7H,2-5H2,1H3,(H,11,12,13). The van der Waals surface area contributed by atoms with E-state index < -0.39 is 26.8 Å². The second kappa shape index (κ2) is 3.58. The van der Waals surface area contributed by atoms with Gasteiger partial charge in [-0.05, 0) is 19.8 Å². The van der Waals surface area contributed by atoms with Crippen LogP contribution < -0.4 is 0 Å². The topological polar surface area (TPSA) is 71.4 Å².